The van der Waals surface area contributed by atoms with E-state index in [1.54, 1.807) is 18.2 Å². The number of alkyl halides is 1. The molecule has 5 heteroatoms. The molecule has 1 heterocycles. The minimum Gasteiger partial charge on any atom is -0.436 e. The van der Waals surface area contributed by atoms with Crippen molar-refractivity contribution in [2.75, 3.05) is 0 Å². The lowest BCUT2D eigenvalue weighted by Crippen LogP contribution is -1.94. The Bertz CT molecular complexity index is 577. The Morgan fingerprint density at radius 3 is 2.78 bits per heavy atom. The summed E-state index contributed by atoms with van der Waals surface area (Å²) in [4.78, 5) is 4.18. The summed E-state index contributed by atoms with van der Waals surface area (Å²) in [5.41, 5.74) is 1.66. The second-order valence-corrected chi connectivity index (χ2v) is 4.95. The SMILES string of the molecule is Cc1cc(CCl)cc(Oc2ccc(Br)cc2F)n1. The maximum absolute atomic E-state index is 13.6. The normalized spacial score (nSPS) is 10.4. The first-order chi connectivity index (χ1) is 8.58. The van der Waals surface area contributed by atoms with E-state index in [0.29, 0.717) is 16.2 Å². The molecule has 0 fully saturated rings. The Morgan fingerprint density at radius 2 is 2.11 bits per heavy atom. The van der Waals surface area contributed by atoms with Crippen LogP contribution < -0.4 is 4.74 Å². The number of hydrogen-bond acceptors (Lipinski definition) is 2. The number of nitrogens with zero attached hydrogens (tertiary/aromatic N) is 1. The summed E-state index contributed by atoms with van der Waals surface area (Å²) in [5, 5.41) is 0. The average Bonchev–Trinajstić information content (AvgIpc) is 2.32. The van der Waals surface area contributed by atoms with Crippen molar-refractivity contribution in [3.8, 4) is 11.6 Å². The van der Waals surface area contributed by atoms with Gasteiger partial charge in [0.1, 0.15) is 0 Å². The van der Waals surface area contributed by atoms with Crippen LogP contribution in [0.4, 0.5) is 4.39 Å². The maximum atomic E-state index is 13.6. The van der Waals surface area contributed by atoms with E-state index in [1.165, 1.54) is 6.07 Å². The van der Waals surface area contributed by atoms with Crippen molar-refractivity contribution in [2.24, 2.45) is 0 Å². The van der Waals surface area contributed by atoms with Gasteiger partial charge in [0.05, 0.1) is 0 Å². The molecule has 0 N–H and O–H groups in total. The molecule has 0 radical (unpaired) electrons. The van der Waals surface area contributed by atoms with Gasteiger partial charge < -0.3 is 4.74 Å². The molecule has 0 bridgehead atoms. The minimum atomic E-state index is -0.444. The van der Waals surface area contributed by atoms with Gasteiger partial charge in [-0.1, -0.05) is 15.9 Å². The highest BCUT2D eigenvalue weighted by Gasteiger charge is 2.07. The first-order valence-electron chi connectivity index (χ1n) is 5.25. The van der Waals surface area contributed by atoms with E-state index in [1.807, 2.05) is 13.0 Å². The molecule has 1 aromatic carbocycles. The lowest BCUT2D eigenvalue weighted by atomic mass is 10.2. The first-order valence-corrected chi connectivity index (χ1v) is 6.57. The quantitative estimate of drug-likeness (QED) is 0.753. The van der Waals surface area contributed by atoms with Crippen LogP contribution in [0.25, 0.3) is 0 Å². The predicted octanol–water partition coefficient (Wildman–Crippen LogP) is 4.82. The second-order valence-electron chi connectivity index (χ2n) is 3.77. The number of aryl methyl sites for hydroxylation is 1. The monoisotopic (exact) mass is 329 g/mol. The molecule has 2 rings (SSSR count). The van der Waals surface area contributed by atoms with Crippen LogP contribution in [0.5, 0.6) is 11.6 Å². The van der Waals surface area contributed by atoms with Gasteiger partial charge in [-0.2, -0.15) is 0 Å². The summed E-state index contributed by atoms with van der Waals surface area (Å²) in [5.74, 6) is 0.395. The molecule has 0 saturated carbocycles. The largest absolute Gasteiger partial charge is 0.436 e. The van der Waals surface area contributed by atoms with Crippen molar-refractivity contribution in [1.82, 2.24) is 4.98 Å². The number of aromatic nitrogens is 1. The Hall–Kier alpha value is -1.13. The van der Waals surface area contributed by atoms with Crippen molar-refractivity contribution >= 4 is 27.5 Å². The first kappa shape index (κ1) is 13.3. The van der Waals surface area contributed by atoms with Crippen molar-refractivity contribution in [2.45, 2.75) is 12.8 Å². The fourth-order valence-corrected chi connectivity index (χ4v) is 1.99. The van der Waals surface area contributed by atoms with Gasteiger partial charge >= 0.3 is 0 Å². The molecule has 0 atom stereocenters. The van der Waals surface area contributed by atoms with Crippen LogP contribution >= 0.6 is 27.5 Å². The number of halogens is 3. The molecular weight excluding hydrogens is 321 g/mol. The Kier molecular flexibility index (Phi) is 4.19. The molecule has 0 aliphatic heterocycles. The molecule has 0 aliphatic rings. The van der Waals surface area contributed by atoms with E-state index in [0.717, 1.165) is 11.3 Å². The van der Waals surface area contributed by atoms with E-state index in [4.69, 9.17) is 16.3 Å². The van der Waals surface area contributed by atoms with Crippen molar-refractivity contribution < 1.29 is 9.13 Å². The van der Waals surface area contributed by atoms with Crippen molar-refractivity contribution in [3.63, 3.8) is 0 Å². The van der Waals surface area contributed by atoms with Crippen molar-refractivity contribution in [3.05, 3.63) is 51.9 Å². The fourth-order valence-electron chi connectivity index (χ4n) is 1.51. The summed E-state index contributed by atoms with van der Waals surface area (Å²) in [6.07, 6.45) is 0. The number of ether oxygens (including phenoxy) is 1. The van der Waals surface area contributed by atoms with Crippen LogP contribution in [0, 0.1) is 12.7 Å². The zero-order chi connectivity index (χ0) is 13.1. The van der Waals surface area contributed by atoms with E-state index in [2.05, 4.69) is 20.9 Å². The molecule has 1 aromatic heterocycles. The minimum absolute atomic E-state index is 0.136. The molecule has 18 heavy (non-hydrogen) atoms. The third-order valence-electron chi connectivity index (χ3n) is 2.25. The van der Waals surface area contributed by atoms with Crippen LogP contribution in [0.1, 0.15) is 11.3 Å². The molecule has 0 unspecified atom stereocenters. The summed E-state index contributed by atoms with van der Waals surface area (Å²) in [7, 11) is 0. The maximum Gasteiger partial charge on any atom is 0.219 e. The average molecular weight is 331 g/mol. The summed E-state index contributed by atoms with van der Waals surface area (Å²) in [6, 6.07) is 8.15. The predicted molar refractivity (Wildman–Crippen MR) is 72.7 cm³/mol. The standard InChI is InChI=1S/C13H10BrClFNO/c1-8-4-9(7-15)5-13(17-8)18-12-3-2-10(14)6-11(12)16/h2-6H,7H2,1H3. The molecule has 94 valence electrons. The third kappa shape index (κ3) is 3.21. The highest BCUT2D eigenvalue weighted by atomic mass is 79.9. The molecule has 0 aliphatic carbocycles. The Morgan fingerprint density at radius 1 is 1.33 bits per heavy atom. The summed E-state index contributed by atoms with van der Waals surface area (Å²) < 4.78 is 19.7. The van der Waals surface area contributed by atoms with Gasteiger partial charge in [-0.05, 0) is 36.8 Å². The number of hydrogen-bond donors (Lipinski definition) is 0. The summed E-state index contributed by atoms with van der Waals surface area (Å²) in [6.45, 7) is 1.83. The zero-order valence-electron chi connectivity index (χ0n) is 9.58. The van der Waals surface area contributed by atoms with Crippen LogP contribution in [0.2, 0.25) is 0 Å². The number of benzene rings is 1. The topological polar surface area (TPSA) is 22.1 Å². The molecule has 2 aromatic rings. The lowest BCUT2D eigenvalue weighted by Gasteiger charge is -2.08. The highest BCUT2D eigenvalue weighted by Crippen LogP contribution is 2.26. The zero-order valence-corrected chi connectivity index (χ0v) is 11.9. The molecule has 0 saturated heterocycles. The number of rotatable bonds is 3. The van der Waals surface area contributed by atoms with Gasteiger partial charge in [-0.15, -0.1) is 11.6 Å². The van der Waals surface area contributed by atoms with Gasteiger partial charge in [-0.3, -0.25) is 0 Å². The highest BCUT2D eigenvalue weighted by molar-refractivity contribution is 9.10. The lowest BCUT2D eigenvalue weighted by molar-refractivity contribution is 0.426. The van der Waals surface area contributed by atoms with Crippen LogP contribution in [-0.4, -0.2) is 4.98 Å². The van der Waals surface area contributed by atoms with Gasteiger partial charge in [0, 0.05) is 22.1 Å². The fraction of sp³-hybridized carbons (Fsp3) is 0.154. The van der Waals surface area contributed by atoms with E-state index >= 15 is 0 Å². The van der Waals surface area contributed by atoms with E-state index in [9.17, 15) is 4.39 Å². The Balaban J connectivity index is 2.30. The van der Waals surface area contributed by atoms with Gasteiger partial charge in [0.15, 0.2) is 11.6 Å². The van der Waals surface area contributed by atoms with E-state index < -0.39 is 5.82 Å². The second kappa shape index (κ2) is 5.67. The van der Waals surface area contributed by atoms with Crippen LogP contribution in [0.3, 0.4) is 0 Å². The molecule has 0 amide bonds. The molecule has 2 nitrogen and oxygen atoms in total. The molecule has 0 spiro atoms. The van der Waals surface area contributed by atoms with Gasteiger partial charge in [0.25, 0.3) is 0 Å². The van der Waals surface area contributed by atoms with E-state index in [-0.39, 0.29) is 5.75 Å². The number of pyridine rings is 1. The summed E-state index contributed by atoms with van der Waals surface area (Å²) >= 11 is 8.95. The Labute approximate surface area is 118 Å². The molecular formula is C13H10BrClFNO. The van der Waals surface area contributed by atoms with Gasteiger partial charge in [0.2, 0.25) is 5.88 Å². The smallest absolute Gasteiger partial charge is 0.219 e. The van der Waals surface area contributed by atoms with Crippen LogP contribution in [0.15, 0.2) is 34.8 Å². The van der Waals surface area contributed by atoms with Gasteiger partial charge in [-0.25, -0.2) is 9.37 Å². The third-order valence-corrected chi connectivity index (χ3v) is 3.05. The van der Waals surface area contributed by atoms with Crippen LogP contribution in [-0.2, 0) is 5.88 Å². The van der Waals surface area contributed by atoms with Crippen molar-refractivity contribution in [1.29, 1.82) is 0 Å².